The molecule has 2 heterocycles. The Morgan fingerprint density at radius 3 is 2.09 bits per heavy atom. The second kappa shape index (κ2) is 6.16. The highest BCUT2D eigenvalue weighted by Crippen LogP contribution is 2.13. The molecule has 0 spiro atoms. The van der Waals surface area contributed by atoms with Gasteiger partial charge in [0, 0.05) is 25.7 Å². The smallest absolute Gasteiger partial charge is 0.125 e. The molecule has 0 aliphatic rings. The van der Waals surface area contributed by atoms with Crippen molar-refractivity contribution in [2.75, 3.05) is 0 Å². The van der Waals surface area contributed by atoms with Crippen LogP contribution in [-0.4, -0.2) is 19.1 Å². The molecular weight excluding hydrogens is 298 g/mol. The van der Waals surface area contributed by atoms with Crippen LogP contribution in [0.15, 0.2) is 49.1 Å². The zero-order valence-corrected chi connectivity index (χ0v) is 12.9. The predicted octanol–water partition coefficient (Wildman–Crippen LogP) is 3.91. The van der Waals surface area contributed by atoms with Gasteiger partial charge in [-0.05, 0) is 31.2 Å². The van der Waals surface area contributed by atoms with Gasteiger partial charge in [-0.1, -0.05) is 0 Å². The minimum atomic E-state index is -0.240. The zero-order valence-electron chi connectivity index (χ0n) is 12.9. The van der Waals surface area contributed by atoms with E-state index >= 15 is 0 Å². The third-order valence-corrected chi connectivity index (χ3v) is 3.61. The summed E-state index contributed by atoms with van der Waals surface area (Å²) in [5.41, 5.74) is 3.36. The molecule has 0 saturated carbocycles. The molecule has 0 fully saturated rings. The van der Waals surface area contributed by atoms with Crippen molar-refractivity contribution in [3.05, 3.63) is 60.7 Å². The maximum absolute atomic E-state index is 12.7. The van der Waals surface area contributed by atoms with Gasteiger partial charge in [0.2, 0.25) is 0 Å². The first-order valence-corrected chi connectivity index (χ1v) is 7.25. The van der Waals surface area contributed by atoms with Gasteiger partial charge in [0.15, 0.2) is 0 Å². The summed E-state index contributed by atoms with van der Waals surface area (Å²) in [6, 6.07) is 9.23. The summed E-state index contributed by atoms with van der Waals surface area (Å²) in [6.07, 6.45) is 3.40. The lowest BCUT2D eigenvalue weighted by atomic mass is 10.3. The average molecular weight is 314 g/mol. The Kier molecular flexibility index (Phi) is 4.06. The number of hydrogen-bond acceptors (Lipinski definition) is 2. The van der Waals surface area contributed by atoms with Crippen molar-refractivity contribution in [3.63, 3.8) is 0 Å². The Balaban J connectivity index is 0.000000136. The van der Waals surface area contributed by atoms with Crippen molar-refractivity contribution in [1.82, 2.24) is 19.1 Å². The molecule has 23 heavy (non-hydrogen) atoms. The normalized spacial score (nSPS) is 10.8. The van der Waals surface area contributed by atoms with Gasteiger partial charge in [0.05, 0.1) is 34.7 Å². The first-order chi connectivity index (χ1) is 11.1. The maximum Gasteiger partial charge on any atom is 0.125 e. The van der Waals surface area contributed by atoms with Gasteiger partial charge in [-0.2, -0.15) is 0 Å². The van der Waals surface area contributed by atoms with Crippen LogP contribution in [-0.2, 0) is 13.6 Å². The fraction of sp³-hybridized carbons (Fsp3) is 0.176. The fourth-order valence-corrected chi connectivity index (χ4v) is 2.40. The van der Waals surface area contributed by atoms with Gasteiger partial charge in [-0.25, -0.2) is 18.7 Å². The van der Waals surface area contributed by atoms with Crippen LogP contribution in [0.1, 0.15) is 6.92 Å². The number of halogens is 2. The summed E-state index contributed by atoms with van der Waals surface area (Å²) in [4.78, 5) is 8.08. The maximum atomic E-state index is 12.7. The van der Waals surface area contributed by atoms with Gasteiger partial charge < -0.3 is 9.13 Å². The molecule has 0 unspecified atom stereocenters. The van der Waals surface area contributed by atoms with Crippen LogP contribution in [0, 0.1) is 11.6 Å². The van der Waals surface area contributed by atoms with Crippen molar-refractivity contribution in [2.24, 2.45) is 7.05 Å². The second-order valence-corrected chi connectivity index (χ2v) is 5.15. The van der Waals surface area contributed by atoms with Crippen LogP contribution >= 0.6 is 0 Å². The van der Waals surface area contributed by atoms with Gasteiger partial charge >= 0.3 is 0 Å². The molecule has 0 N–H and O–H groups in total. The molecule has 0 bridgehead atoms. The minimum Gasteiger partial charge on any atom is -0.334 e. The second-order valence-electron chi connectivity index (χ2n) is 5.15. The molecule has 0 amide bonds. The van der Waals surface area contributed by atoms with E-state index in [1.165, 1.54) is 24.3 Å². The van der Waals surface area contributed by atoms with Crippen molar-refractivity contribution < 1.29 is 8.78 Å². The molecule has 4 nitrogen and oxygen atoms in total. The lowest BCUT2D eigenvalue weighted by molar-refractivity contribution is 0.629. The zero-order chi connectivity index (χ0) is 16.4. The Morgan fingerprint density at radius 1 is 0.870 bits per heavy atom. The molecule has 4 aromatic rings. The summed E-state index contributed by atoms with van der Waals surface area (Å²) in [7, 11) is 1.88. The number of fused-ring (bicyclic) bond motifs is 2. The molecule has 6 heteroatoms. The molecule has 4 rings (SSSR count). The van der Waals surface area contributed by atoms with Crippen LogP contribution in [0.5, 0.6) is 0 Å². The van der Waals surface area contributed by atoms with Crippen molar-refractivity contribution in [2.45, 2.75) is 13.5 Å². The molecule has 0 saturated heterocycles. The number of aryl methyl sites for hydroxylation is 2. The van der Waals surface area contributed by atoms with Crippen molar-refractivity contribution in [1.29, 1.82) is 0 Å². The Labute approximate surface area is 132 Å². The number of hydrogen-bond donors (Lipinski definition) is 0. The highest BCUT2D eigenvalue weighted by Gasteiger charge is 2.01. The van der Waals surface area contributed by atoms with Crippen LogP contribution in [0.3, 0.4) is 0 Å². The first kappa shape index (κ1) is 15.1. The highest BCUT2D eigenvalue weighted by molar-refractivity contribution is 5.75. The quantitative estimate of drug-likeness (QED) is 0.534. The van der Waals surface area contributed by atoms with E-state index in [1.807, 2.05) is 23.1 Å². The van der Waals surface area contributed by atoms with Gasteiger partial charge in [-0.15, -0.1) is 0 Å². The molecule has 118 valence electrons. The fourth-order valence-electron chi connectivity index (χ4n) is 2.40. The van der Waals surface area contributed by atoms with E-state index < -0.39 is 0 Å². The summed E-state index contributed by atoms with van der Waals surface area (Å²) in [6.45, 7) is 2.90. The van der Waals surface area contributed by atoms with Gasteiger partial charge in [0.1, 0.15) is 11.6 Å². The SMILES string of the molecule is CCn1cnc2cc(F)ccc21.Cn1cnc2cc(F)ccc21. The third kappa shape index (κ3) is 3.06. The van der Waals surface area contributed by atoms with Gasteiger partial charge in [0.25, 0.3) is 0 Å². The number of nitrogens with zero attached hydrogens (tertiary/aromatic N) is 4. The van der Waals surface area contributed by atoms with E-state index in [-0.39, 0.29) is 11.6 Å². The first-order valence-electron chi connectivity index (χ1n) is 7.25. The van der Waals surface area contributed by atoms with E-state index in [0.717, 1.165) is 23.1 Å². The van der Waals surface area contributed by atoms with E-state index in [4.69, 9.17) is 0 Å². The lowest BCUT2D eigenvalue weighted by Gasteiger charge is -1.96. The van der Waals surface area contributed by atoms with Crippen molar-refractivity contribution >= 4 is 22.1 Å². The van der Waals surface area contributed by atoms with Crippen LogP contribution in [0.4, 0.5) is 8.78 Å². The average Bonchev–Trinajstić information content (AvgIpc) is 3.11. The number of imidazole rings is 2. The molecule has 0 aliphatic heterocycles. The molecule has 0 atom stereocenters. The molecule has 0 aliphatic carbocycles. The monoisotopic (exact) mass is 314 g/mol. The molecule has 2 aromatic heterocycles. The largest absolute Gasteiger partial charge is 0.334 e. The highest BCUT2D eigenvalue weighted by atomic mass is 19.1. The number of rotatable bonds is 1. The van der Waals surface area contributed by atoms with Crippen LogP contribution in [0.25, 0.3) is 22.1 Å². The molecule has 0 radical (unpaired) electrons. The van der Waals surface area contributed by atoms with E-state index in [9.17, 15) is 8.78 Å². The van der Waals surface area contributed by atoms with E-state index in [2.05, 4.69) is 9.97 Å². The van der Waals surface area contributed by atoms with E-state index in [0.29, 0.717) is 5.52 Å². The Hall–Kier alpha value is -2.76. The Morgan fingerprint density at radius 2 is 1.43 bits per heavy atom. The summed E-state index contributed by atoms with van der Waals surface area (Å²) < 4.78 is 29.1. The number of benzene rings is 2. The lowest BCUT2D eigenvalue weighted by Crippen LogP contribution is -1.90. The van der Waals surface area contributed by atoms with Crippen molar-refractivity contribution in [3.8, 4) is 0 Å². The predicted molar refractivity (Wildman–Crippen MR) is 86.0 cm³/mol. The summed E-state index contributed by atoms with van der Waals surface area (Å²) in [5, 5.41) is 0. The summed E-state index contributed by atoms with van der Waals surface area (Å²) in [5.74, 6) is -0.472. The standard InChI is InChI=1S/C9H9FN2.C8H7FN2/c1-2-12-6-11-8-5-7(10)3-4-9(8)12;1-11-5-10-7-4-6(9)2-3-8(7)11/h3-6H,2H2,1H3;2-5H,1H3. The topological polar surface area (TPSA) is 35.6 Å². The third-order valence-electron chi connectivity index (χ3n) is 3.61. The van der Waals surface area contributed by atoms with Gasteiger partial charge in [-0.3, -0.25) is 0 Å². The summed E-state index contributed by atoms with van der Waals surface area (Å²) >= 11 is 0. The van der Waals surface area contributed by atoms with E-state index in [1.54, 1.807) is 24.8 Å². The Bertz CT molecular complexity index is 956. The molecule has 2 aromatic carbocycles. The number of aromatic nitrogens is 4. The van der Waals surface area contributed by atoms with Crippen LogP contribution < -0.4 is 0 Å². The minimum absolute atomic E-state index is 0.233. The van der Waals surface area contributed by atoms with Crippen LogP contribution in [0.2, 0.25) is 0 Å². The molecular formula is C17H16F2N4.